The Kier molecular flexibility index (Phi) is 5.27. The third-order valence-corrected chi connectivity index (χ3v) is 10.2. The average Bonchev–Trinajstić information content (AvgIpc) is 3.20. The first kappa shape index (κ1) is 23.8. The van der Waals surface area contributed by atoms with E-state index in [4.69, 9.17) is 4.74 Å². The highest BCUT2D eigenvalue weighted by Gasteiger charge is 2.75. The summed E-state index contributed by atoms with van der Waals surface area (Å²) in [5, 5.41) is 23.4. The van der Waals surface area contributed by atoms with E-state index in [1.165, 1.54) is 16.7 Å². The van der Waals surface area contributed by atoms with Gasteiger partial charge in [-0.3, -0.25) is 4.79 Å². The maximum absolute atomic E-state index is 13.5. The molecule has 4 aliphatic rings. The number of piperidine rings is 1. The van der Waals surface area contributed by atoms with Gasteiger partial charge in [0.2, 0.25) is 5.91 Å². The third-order valence-electron chi connectivity index (χ3n) is 10.2. The molecule has 3 unspecified atom stereocenters. The maximum Gasteiger partial charge on any atom is 0.223 e. The Bertz CT molecular complexity index is 1240. The molecule has 2 bridgehead atoms. The van der Waals surface area contributed by atoms with E-state index in [1.54, 1.807) is 6.07 Å². The predicted octanol–water partition coefficient (Wildman–Crippen LogP) is 3.50. The lowest BCUT2D eigenvalue weighted by Crippen LogP contribution is -2.80. The second-order valence-corrected chi connectivity index (χ2v) is 11.9. The number of hydrogen-bond acceptors (Lipinski definition) is 5. The van der Waals surface area contributed by atoms with Gasteiger partial charge in [-0.15, -0.1) is 0 Å². The van der Waals surface area contributed by atoms with E-state index in [9.17, 15) is 15.0 Å². The smallest absolute Gasteiger partial charge is 0.223 e. The lowest BCUT2D eigenvalue weighted by molar-refractivity contribution is -0.221. The van der Waals surface area contributed by atoms with E-state index in [2.05, 4.69) is 50.9 Å². The number of likely N-dealkylation sites (tertiary alicyclic amines) is 1. The van der Waals surface area contributed by atoms with E-state index < -0.39 is 11.0 Å². The number of likely N-dealkylation sites (N-methyl/N-ethyl adjacent to an activating group) is 2. The van der Waals surface area contributed by atoms with Crippen LogP contribution in [-0.2, 0) is 23.1 Å². The molecular weight excluding hydrogens is 452 g/mol. The van der Waals surface area contributed by atoms with Crippen LogP contribution in [-0.4, -0.2) is 70.3 Å². The quantitative estimate of drug-likeness (QED) is 0.686. The first-order valence-corrected chi connectivity index (χ1v) is 13.4. The molecule has 2 aliphatic heterocycles. The van der Waals surface area contributed by atoms with Gasteiger partial charge in [0.05, 0.1) is 17.1 Å². The predicted molar refractivity (Wildman–Crippen MR) is 138 cm³/mol. The molecule has 2 aromatic rings. The number of aryl methyl sites for hydroxylation is 3. The van der Waals surface area contributed by atoms with Crippen LogP contribution in [0.25, 0.3) is 0 Å². The fourth-order valence-corrected chi connectivity index (χ4v) is 8.09. The van der Waals surface area contributed by atoms with Gasteiger partial charge >= 0.3 is 0 Å². The van der Waals surface area contributed by atoms with E-state index in [1.807, 2.05) is 18.0 Å². The lowest BCUT2D eigenvalue weighted by Gasteiger charge is -2.66. The maximum atomic E-state index is 13.5. The number of amides is 1. The van der Waals surface area contributed by atoms with Gasteiger partial charge in [0.25, 0.3) is 0 Å². The van der Waals surface area contributed by atoms with Gasteiger partial charge in [0, 0.05) is 25.1 Å². The number of benzene rings is 2. The Hall–Kier alpha value is -2.57. The summed E-state index contributed by atoms with van der Waals surface area (Å²) in [6, 6.07) is 9.94. The molecule has 1 saturated carbocycles. The van der Waals surface area contributed by atoms with Crippen molar-refractivity contribution in [2.45, 2.75) is 82.1 Å². The van der Waals surface area contributed by atoms with Crippen LogP contribution in [0.4, 0.5) is 0 Å². The van der Waals surface area contributed by atoms with Crippen molar-refractivity contribution in [1.82, 2.24) is 9.80 Å². The molecule has 1 spiro atoms. The van der Waals surface area contributed by atoms with Gasteiger partial charge in [0.1, 0.15) is 6.10 Å². The lowest BCUT2D eigenvalue weighted by atomic mass is 9.45. The normalized spacial score (nSPS) is 34.2. The highest BCUT2D eigenvalue weighted by atomic mass is 16.5. The summed E-state index contributed by atoms with van der Waals surface area (Å²) >= 11 is 0. The molecule has 192 valence electrons. The number of ether oxygens (including phenoxy) is 1. The number of phenolic OH excluding ortho intramolecular Hbond substituents is 1. The van der Waals surface area contributed by atoms with Gasteiger partial charge in [-0.2, -0.15) is 0 Å². The van der Waals surface area contributed by atoms with Crippen LogP contribution in [0.2, 0.25) is 0 Å². The summed E-state index contributed by atoms with van der Waals surface area (Å²) in [5.74, 6) is 0.726. The summed E-state index contributed by atoms with van der Waals surface area (Å²) in [6.45, 7) is 7.20. The summed E-state index contributed by atoms with van der Waals surface area (Å²) in [5.41, 5.74) is 4.22. The van der Waals surface area contributed by atoms with Crippen molar-refractivity contribution in [3.8, 4) is 11.5 Å². The average molecular weight is 491 g/mol. The summed E-state index contributed by atoms with van der Waals surface area (Å²) in [6.07, 6.45) is 2.91. The summed E-state index contributed by atoms with van der Waals surface area (Å²) < 4.78 is 6.61. The van der Waals surface area contributed by atoms with Crippen molar-refractivity contribution in [3.05, 3.63) is 58.1 Å². The molecule has 0 aromatic heterocycles. The number of hydrogen-bond donors (Lipinski definition) is 2. The number of aromatic hydroxyl groups is 1. The van der Waals surface area contributed by atoms with Gasteiger partial charge < -0.3 is 24.7 Å². The minimum Gasteiger partial charge on any atom is -0.504 e. The molecule has 2 N–H and O–H groups in total. The zero-order valence-electron chi connectivity index (χ0n) is 22.0. The number of aliphatic hydroxyl groups is 1. The zero-order valence-corrected chi connectivity index (χ0v) is 22.0. The Labute approximate surface area is 213 Å². The number of carbonyl (C=O) groups excluding carboxylic acids is 1. The van der Waals surface area contributed by atoms with Crippen molar-refractivity contribution < 1.29 is 19.7 Å². The Balaban J connectivity index is 1.35. The minimum atomic E-state index is -0.976. The van der Waals surface area contributed by atoms with Crippen molar-refractivity contribution in [1.29, 1.82) is 0 Å². The fourth-order valence-electron chi connectivity index (χ4n) is 8.09. The van der Waals surface area contributed by atoms with Crippen molar-refractivity contribution >= 4 is 5.91 Å². The molecule has 2 fully saturated rings. The second-order valence-electron chi connectivity index (χ2n) is 11.9. The van der Waals surface area contributed by atoms with Gasteiger partial charge in [-0.1, -0.05) is 31.2 Å². The monoisotopic (exact) mass is 490 g/mol. The third kappa shape index (κ3) is 2.94. The summed E-state index contributed by atoms with van der Waals surface area (Å²) in [4.78, 5) is 17.7. The molecule has 36 heavy (non-hydrogen) atoms. The molecule has 6 atom stereocenters. The van der Waals surface area contributed by atoms with Crippen LogP contribution in [0.5, 0.6) is 11.5 Å². The van der Waals surface area contributed by atoms with Crippen molar-refractivity contribution in [3.63, 3.8) is 0 Å². The molecule has 2 aromatic carbocycles. The molecule has 0 radical (unpaired) electrons. The van der Waals surface area contributed by atoms with Crippen LogP contribution >= 0.6 is 0 Å². The number of rotatable bonds is 4. The van der Waals surface area contributed by atoms with Gasteiger partial charge in [0.15, 0.2) is 11.5 Å². The standard InChI is InChI=1S/C30H38N2O4/c1-17-6-7-20(14-18(17)2)8-11-25(34)32(5)22-15-19(3)30(35)24-16-21-9-10-23(33)27-26(21)29(30,28(22)36-27)12-13-31(24)4/h6-7,9-10,14,19,22,24,28,33,35H,8,11-13,15-16H2,1-5H3/t19?,22?,24-,28?,29+,30-/m1/s1. The Morgan fingerprint density at radius 2 is 2.00 bits per heavy atom. The molecule has 1 saturated heterocycles. The van der Waals surface area contributed by atoms with Crippen LogP contribution in [0.3, 0.4) is 0 Å². The molecule has 6 rings (SSSR count). The first-order chi connectivity index (χ1) is 17.1. The summed E-state index contributed by atoms with van der Waals surface area (Å²) in [7, 11) is 4.00. The largest absolute Gasteiger partial charge is 0.504 e. The Morgan fingerprint density at radius 1 is 1.22 bits per heavy atom. The highest BCUT2D eigenvalue weighted by molar-refractivity contribution is 5.77. The van der Waals surface area contributed by atoms with Crippen molar-refractivity contribution in [2.24, 2.45) is 5.92 Å². The number of carbonyl (C=O) groups is 1. The van der Waals surface area contributed by atoms with E-state index >= 15 is 0 Å². The van der Waals surface area contributed by atoms with E-state index in [0.29, 0.717) is 25.0 Å². The number of nitrogens with zero attached hydrogens (tertiary/aromatic N) is 2. The van der Waals surface area contributed by atoms with E-state index in [-0.39, 0.29) is 35.8 Å². The van der Waals surface area contributed by atoms with Crippen molar-refractivity contribution in [2.75, 3.05) is 20.6 Å². The molecule has 2 heterocycles. The van der Waals surface area contributed by atoms with Crippen LogP contribution in [0.15, 0.2) is 30.3 Å². The topological polar surface area (TPSA) is 73.2 Å². The first-order valence-electron chi connectivity index (χ1n) is 13.4. The molecule has 2 aliphatic carbocycles. The minimum absolute atomic E-state index is 0.0120. The fraction of sp³-hybridized carbons (Fsp3) is 0.567. The molecule has 6 nitrogen and oxygen atoms in total. The number of phenols is 1. The SMILES string of the molecule is Cc1ccc(CCC(=O)N(C)C2CC(C)[C@@]3(O)[C@H]4Cc5ccc(O)c6c5[C@@]3(CCN4C)C2O6)cc1C. The van der Waals surface area contributed by atoms with E-state index in [0.717, 1.165) is 30.5 Å². The molecule has 6 heteroatoms. The van der Waals surface area contributed by atoms with Gasteiger partial charge in [-0.25, -0.2) is 0 Å². The zero-order chi connectivity index (χ0) is 25.6. The van der Waals surface area contributed by atoms with Crippen LogP contribution in [0, 0.1) is 19.8 Å². The van der Waals surface area contributed by atoms with Crippen LogP contribution < -0.4 is 4.74 Å². The van der Waals surface area contributed by atoms with Gasteiger partial charge in [-0.05, 0) is 87.4 Å². The molecular formula is C30H38N2O4. The van der Waals surface area contributed by atoms with Crippen LogP contribution in [0.1, 0.15) is 54.0 Å². The molecule has 1 amide bonds. The highest BCUT2D eigenvalue weighted by Crippen LogP contribution is 2.66. The Morgan fingerprint density at radius 3 is 2.75 bits per heavy atom. The second kappa shape index (κ2) is 7.96.